The summed E-state index contributed by atoms with van der Waals surface area (Å²) in [7, 11) is 1.65. The van der Waals surface area contributed by atoms with Crippen LogP contribution < -0.4 is 10.5 Å². The van der Waals surface area contributed by atoms with Crippen molar-refractivity contribution < 1.29 is 9.53 Å². The van der Waals surface area contributed by atoms with Gasteiger partial charge in [0, 0.05) is 51.4 Å². The molecular weight excluding hydrogens is 346 g/mol. The topological polar surface area (TPSA) is 80.6 Å². The molecule has 8 heteroatoms. The van der Waals surface area contributed by atoms with E-state index in [0.717, 1.165) is 30.2 Å². The fourth-order valence-corrected chi connectivity index (χ4v) is 3.69. The van der Waals surface area contributed by atoms with Gasteiger partial charge in [-0.25, -0.2) is 9.97 Å². The van der Waals surface area contributed by atoms with Crippen molar-refractivity contribution in [2.75, 3.05) is 44.3 Å². The van der Waals surface area contributed by atoms with Gasteiger partial charge in [0.2, 0.25) is 0 Å². The lowest BCUT2D eigenvalue weighted by Gasteiger charge is -2.29. The lowest BCUT2D eigenvalue weighted by atomic mass is 10.1. The summed E-state index contributed by atoms with van der Waals surface area (Å²) in [6.07, 6.45) is 4.60. The van der Waals surface area contributed by atoms with Crippen LogP contribution in [0.5, 0.6) is 0 Å². The number of amides is 1. The predicted molar refractivity (Wildman–Crippen MR) is 100 cm³/mol. The summed E-state index contributed by atoms with van der Waals surface area (Å²) >= 11 is 0. The van der Waals surface area contributed by atoms with E-state index in [1.54, 1.807) is 36.6 Å². The number of carbonyl (C=O) groups excluding carboxylic acids is 1. The van der Waals surface area contributed by atoms with Crippen LogP contribution in [0.3, 0.4) is 0 Å². The van der Waals surface area contributed by atoms with Crippen molar-refractivity contribution in [3.8, 4) is 0 Å². The van der Waals surface area contributed by atoms with Gasteiger partial charge < -0.3 is 19.1 Å². The molecule has 0 aromatic carbocycles. The van der Waals surface area contributed by atoms with Gasteiger partial charge in [-0.1, -0.05) is 0 Å². The Morgan fingerprint density at radius 3 is 2.70 bits per heavy atom. The Labute approximate surface area is 157 Å². The molecule has 4 rings (SSSR count). The molecule has 142 valence electrons. The molecule has 27 heavy (non-hydrogen) atoms. The first-order valence-corrected chi connectivity index (χ1v) is 9.25. The molecule has 2 aliphatic rings. The Morgan fingerprint density at radius 2 is 1.89 bits per heavy atom. The quantitative estimate of drug-likeness (QED) is 0.755. The van der Waals surface area contributed by atoms with Gasteiger partial charge in [0.25, 0.3) is 11.5 Å². The molecule has 1 amide bonds. The van der Waals surface area contributed by atoms with E-state index in [1.807, 2.05) is 0 Å². The SMILES string of the molecule is Cn1cccc(C(=O)N2CCc3ncnc(N4CCOCC4)c3CC2)c1=O. The highest BCUT2D eigenvalue weighted by Crippen LogP contribution is 2.24. The summed E-state index contributed by atoms with van der Waals surface area (Å²) in [5.41, 5.74) is 2.04. The van der Waals surface area contributed by atoms with Crippen LogP contribution >= 0.6 is 0 Å². The minimum atomic E-state index is -0.266. The normalized spacial score (nSPS) is 17.4. The maximum atomic E-state index is 12.9. The van der Waals surface area contributed by atoms with E-state index in [4.69, 9.17) is 4.74 Å². The van der Waals surface area contributed by atoms with Crippen LogP contribution in [0.25, 0.3) is 0 Å². The molecule has 0 spiro atoms. The van der Waals surface area contributed by atoms with Crippen LogP contribution in [0.2, 0.25) is 0 Å². The van der Waals surface area contributed by atoms with Crippen LogP contribution in [0, 0.1) is 0 Å². The van der Waals surface area contributed by atoms with Crippen molar-refractivity contribution >= 4 is 11.7 Å². The molecule has 8 nitrogen and oxygen atoms in total. The number of aromatic nitrogens is 3. The van der Waals surface area contributed by atoms with Crippen LogP contribution in [0.4, 0.5) is 5.82 Å². The molecule has 0 N–H and O–H groups in total. The number of rotatable bonds is 2. The van der Waals surface area contributed by atoms with Crippen LogP contribution in [-0.4, -0.2) is 64.7 Å². The Balaban J connectivity index is 1.57. The largest absolute Gasteiger partial charge is 0.378 e. The Kier molecular flexibility index (Phi) is 4.89. The van der Waals surface area contributed by atoms with E-state index >= 15 is 0 Å². The van der Waals surface area contributed by atoms with Crippen molar-refractivity contribution in [2.24, 2.45) is 7.05 Å². The molecule has 0 bridgehead atoms. The fourth-order valence-electron chi connectivity index (χ4n) is 3.69. The Morgan fingerprint density at radius 1 is 1.11 bits per heavy atom. The minimum absolute atomic E-state index is 0.213. The number of morpholine rings is 1. The van der Waals surface area contributed by atoms with Gasteiger partial charge in [-0.15, -0.1) is 0 Å². The van der Waals surface area contributed by atoms with Gasteiger partial charge in [-0.3, -0.25) is 9.59 Å². The van der Waals surface area contributed by atoms with Gasteiger partial charge in [-0.2, -0.15) is 0 Å². The molecule has 1 saturated heterocycles. The molecule has 0 radical (unpaired) electrons. The van der Waals surface area contributed by atoms with E-state index in [1.165, 1.54) is 4.57 Å². The maximum Gasteiger partial charge on any atom is 0.263 e. The van der Waals surface area contributed by atoms with E-state index in [-0.39, 0.29) is 17.0 Å². The third kappa shape index (κ3) is 3.44. The van der Waals surface area contributed by atoms with Gasteiger partial charge in [0.1, 0.15) is 17.7 Å². The number of hydrogen-bond acceptors (Lipinski definition) is 6. The number of carbonyl (C=O) groups is 1. The number of fused-ring (bicyclic) bond motifs is 1. The minimum Gasteiger partial charge on any atom is -0.378 e. The predicted octanol–water partition coefficient (Wildman–Crippen LogP) is 0.253. The highest BCUT2D eigenvalue weighted by atomic mass is 16.5. The average molecular weight is 369 g/mol. The molecule has 1 fully saturated rings. The second kappa shape index (κ2) is 7.48. The van der Waals surface area contributed by atoms with Crippen LogP contribution in [0.1, 0.15) is 21.6 Å². The Bertz CT molecular complexity index is 904. The molecule has 4 heterocycles. The van der Waals surface area contributed by atoms with Gasteiger partial charge in [0.15, 0.2) is 0 Å². The van der Waals surface area contributed by atoms with Crippen molar-refractivity contribution in [3.63, 3.8) is 0 Å². The number of pyridine rings is 1. The summed E-state index contributed by atoms with van der Waals surface area (Å²) in [5, 5.41) is 0. The van der Waals surface area contributed by atoms with E-state index in [9.17, 15) is 9.59 Å². The molecule has 0 aliphatic carbocycles. The fraction of sp³-hybridized carbons (Fsp3) is 0.474. The standard InChI is InChI=1S/C19H23N5O3/c1-22-6-2-3-15(18(22)25)19(26)24-7-4-14-16(5-8-24)20-13-21-17(14)23-9-11-27-12-10-23/h2-3,6,13H,4-5,7-12H2,1H3. The lowest BCUT2D eigenvalue weighted by Crippen LogP contribution is -2.38. The average Bonchev–Trinajstić information content (AvgIpc) is 2.93. The van der Waals surface area contributed by atoms with Gasteiger partial charge in [-0.05, 0) is 18.6 Å². The first-order valence-electron chi connectivity index (χ1n) is 9.25. The van der Waals surface area contributed by atoms with Crippen molar-refractivity contribution in [3.05, 3.63) is 51.8 Å². The van der Waals surface area contributed by atoms with Crippen molar-refractivity contribution in [2.45, 2.75) is 12.8 Å². The van der Waals surface area contributed by atoms with Crippen molar-refractivity contribution in [1.29, 1.82) is 0 Å². The highest BCUT2D eigenvalue weighted by Gasteiger charge is 2.26. The smallest absolute Gasteiger partial charge is 0.263 e. The first-order chi connectivity index (χ1) is 13.1. The number of ether oxygens (including phenoxy) is 1. The molecule has 0 unspecified atom stereocenters. The summed E-state index contributed by atoms with van der Waals surface area (Å²) in [5.74, 6) is 0.734. The van der Waals surface area contributed by atoms with E-state index < -0.39 is 0 Å². The zero-order valence-corrected chi connectivity index (χ0v) is 15.4. The van der Waals surface area contributed by atoms with E-state index in [0.29, 0.717) is 39.1 Å². The van der Waals surface area contributed by atoms with Crippen LogP contribution in [-0.2, 0) is 24.6 Å². The summed E-state index contributed by atoms with van der Waals surface area (Å²) < 4.78 is 6.87. The summed E-state index contributed by atoms with van der Waals surface area (Å²) in [6, 6.07) is 3.32. The van der Waals surface area contributed by atoms with Gasteiger partial charge >= 0.3 is 0 Å². The van der Waals surface area contributed by atoms with E-state index in [2.05, 4.69) is 14.9 Å². The maximum absolute atomic E-state index is 12.9. The molecule has 0 atom stereocenters. The second-order valence-electron chi connectivity index (χ2n) is 6.85. The molecule has 2 aromatic rings. The molecule has 0 saturated carbocycles. The first kappa shape index (κ1) is 17.7. The molecule has 2 aromatic heterocycles. The molecule has 2 aliphatic heterocycles. The highest BCUT2D eigenvalue weighted by molar-refractivity contribution is 5.93. The van der Waals surface area contributed by atoms with Crippen LogP contribution in [0.15, 0.2) is 29.5 Å². The number of anilines is 1. The summed E-state index contributed by atoms with van der Waals surface area (Å²) in [4.78, 5) is 38.2. The number of nitrogens with zero attached hydrogens (tertiary/aromatic N) is 5. The number of hydrogen-bond donors (Lipinski definition) is 0. The summed E-state index contributed by atoms with van der Waals surface area (Å²) in [6.45, 7) is 4.11. The third-order valence-electron chi connectivity index (χ3n) is 5.21. The monoisotopic (exact) mass is 369 g/mol. The second-order valence-corrected chi connectivity index (χ2v) is 6.85. The molecular formula is C19H23N5O3. The lowest BCUT2D eigenvalue weighted by molar-refractivity contribution is 0.0760. The third-order valence-corrected chi connectivity index (χ3v) is 5.21. The number of aryl methyl sites for hydroxylation is 1. The van der Waals surface area contributed by atoms with Crippen molar-refractivity contribution in [1.82, 2.24) is 19.4 Å². The Hall–Kier alpha value is -2.74. The zero-order valence-electron chi connectivity index (χ0n) is 15.4. The zero-order chi connectivity index (χ0) is 18.8. The van der Waals surface area contributed by atoms with Gasteiger partial charge in [0.05, 0.1) is 18.9 Å².